The lowest BCUT2D eigenvalue weighted by molar-refractivity contribution is -0.304. The van der Waals surface area contributed by atoms with Gasteiger partial charge in [-0.3, -0.25) is 0 Å². The molecule has 1 aromatic heterocycles. The SMILES string of the molecule is COc1ccc(/C=C(\CC(=O)[O-])c2nc3ccccc3s2)cc1OCC(C)C. The second-order valence-electron chi connectivity index (χ2n) is 6.82. The summed E-state index contributed by atoms with van der Waals surface area (Å²) in [5.74, 6) is 0.497. The molecule has 0 spiro atoms. The number of benzene rings is 2. The van der Waals surface area contributed by atoms with E-state index in [1.807, 2.05) is 48.5 Å². The fraction of sp³-hybridized carbons (Fsp3) is 0.273. The van der Waals surface area contributed by atoms with Gasteiger partial charge in [0.1, 0.15) is 5.01 Å². The van der Waals surface area contributed by atoms with Crippen LogP contribution in [0.5, 0.6) is 11.5 Å². The Morgan fingerprint density at radius 1 is 1.21 bits per heavy atom. The summed E-state index contributed by atoms with van der Waals surface area (Å²) in [5.41, 5.74) is 2.26. The molecule has 0 aliphatic carbocycles. The number of hydrogen-bond donors (Lipinski definition) is 0. The van der Waals surface area contributed by atoms with Crippen LogP contribution in [0.15, 0.2) is 42.5 Å². The molecule has 0 saturated heterocycles. The van der Waals surface area contributed by atoms with Gasteiger partial charge >= 0.3 is 0 Å². The predicted molar refractivity (Wildman–Crippen MR) is 110 cm³/mol. The Hall–Kier alpha value is -2.86. The van der Waals surface area contributed by atoms with Crippen LogP contribution in [0.3, 0.4) is 0 Å². The molecule has 0 fully saturated rings. The minimum atomic E-state index is -1.14. The average Bonchev–Trinajstić information content (AvgIpc) is 3.10. The van der Waals surface area contributed by atoms with Crippen molar-refractivity contribution in [3.63, 3.8) is 0 Å². The summed E-state index contributed by atoms with van der Waals surface area (Å²) < 4.78 is 12.2. The van der Waals surface area contributed by atoms with Crippen molar-refractivity contribution in [3.8, 4) is 11.5 Å². The lowest BCUT2D eigenvalue weighted by Gasteiger charge is -2.13. The summed E-state index contributed by atoms with van der Waals surface area (Å²) in [5, 5.41) is 12.0. The number of carboxylic acids is 1. The largest absolute Gasteiger partial charge is 0.550 e. The third-order valence-electron chi connectivity index (χ3n) is 4.00. The van der Waals surface area contributed by atoms with Crippen molar-refractivity contribution in [3.05, 3.63) is 53.0 Å². The van der Waals surface area contributed by atoms with Crippen LogP contribution in [-0.2, 0) is 4.79 Å². The first-order chi connectivity index (χ1) is 13.5. The molecular weight excluding hydrogens is 374 g/mol. The Kier molecular flexibility index (Phi) is 6.31. The first-order valence-electron chi connectivity index (χ1n) is 9.03. The van der Waals surface area contributed by atoms with Crippen LogP contribution in [0.25, 0.3) is 21.9 Å². The number of ether oxygens (including phenoxy) is 2. The number of aliphatic carboxylic acids is 1. The zero-order valence-electron chi connectivity index (χ0n) is 16.1. The highest BCUT2D eigenvalue weighted by Crippen LogP contribution is 2.33. The van der Waals surface area contributed by atoms with Gasteiger partial charge in [0.25, 0.3) is 0 Å². The van der Waals surface area contributed by atoms with Gasteiger partial charge < -0.3 is 19.4 Å². The smallest absolute Gasteiger partial charge is 0.161 e. The third kappa shape index (κ3) is 4.89. The molecule has 146 valence electrons. The summed E-state index contributed by atoms with van der Waals surface area (Å²) in [4.78, 5) is 15.9. The lowest BCUT2D eigenvalue weighted by Crippen LogP contribution is -2.22. The second-order valence-corrected chi connectivity index (χ2v) is 7.85. The Bertz CT molecular complexity index is 974. The van der Waals surface area contributed by atoms with Crippen LogP contribution in [-0.4, -0.2) is 24.7 Å². The number of para-hydroxylation sites is 1. The maximum Gasteiger partial charge on any atom is 0.161 e. The Morgan fingerprint density at radius 2 is 2.00 bits per heavy atom. The normalized spacial score (nSPS) is 11.8. The zero-order valence-corrected chi connectivity index (χ0v) is 16.9. The topological polar surface area (TPSA) is 71.5 Å². The molecule has 0 aliphatic heterocycles. The van der Waals surface area contributed by atoms with E-state index < -0.39 is 5.97 Å². The van der Waals surface area contributed by atoms with Gasteiger partial charge in [-0.25, -0.2) is 4.98 Å². The van der Waals surface area contributed by atoms with E-state index in [4.69, 9.17) is 9.47 Å². The van der Waals surface area contributed by atoms with Crippen LogP contribution < -0.4 is 14.6 Å². The van der Waals surface area contributed by atoms with Crippen LogP contribution in [0.4, 0.5) is 0 Å². The van der Waals surface area contributed by atoms with E-state index in [9.17, 15) is 9.90 Å². The van der Waals surface area contributed by atoms with Crippen LogP contribution in [0.1, 0.15) is 30.8 Å². The van der Waals surface area contributed by atoms with Crippen molar-refractivity contribution < 1.29 is 19.4 Å². The van der Waals surface area contributed by atoms with E-state index in [1.165, 1.54) is 11.3 Å². The molecular formula is C22H22NO4S-. The van der Waals surface area contributed by atoms with Crippen molar-refractivity contribution in [1.29, 1.82) is 0 Å². The van der Waals surface area contributed by atoms with Gasteiger partial charge in [-0.1, -0.05) is 32.0 Å². The van der Waals surface area contributed by atoms with Crippen molar-refractivity contribution in [2.45, 2.75) is 20.3 Å². The monoisotopic (exact) mass is 396 g/mol. The Balaban J connectivity index is 2.00. The number of rotatable bonds is 8. The molecule has 3 aromatic rings. The molecule has 28 heavy (non-hydrogen) atoms. The van der Waals surface area contributed by atoms with E-state index in [0.29, 0.717) is 34.6 Å². The standard InChI is InChI=1S/C22H23NO4S/c1-14(2)13-27-19-11-15(8-9-18(19)26-3)10-16(12-21(24)25)22-23-17-6-4-5-7-20(17)28-22/h4-11,14H,12-13H2,1-3H3,(H,24,25)/p-1/b16-10+. The highest BCUT2D eigenvalue weighted by molar-refractivity contribution is 7.19. The first-order valence-corrected chi connectivity index (χ1v) is 9.85. The number of aromatic nitrogens is 1. The summed E-state index contributed by atoms with van der Waals surface area (Å²) in [6, 6.07) is 13.3. The van der Waals surface area contributed by atoms with E-state index in [0.717, 1.165) is 15.8 Å². The van der Waals surface area contributed by atoms with Gasteiger partial charge in [0.2, 0.25) is 0 Å². The first kappa shape index (κ1) is 19.9. The van der Waals surface area contributed by atoms with Crippen LogP contribution in [0.2, 0.25) is 0 Å². The molecule has 3 rings (SSSR count). The predicted octanol–water partition coefficient (Wildman–Crippen LogP) is 4.02. The molecule has 1 heterocycles. The average molecular weight is 396 g/mol. The van der Waals surface area contributed by atoms with E-state index in [2.05, 4.69) is 18.8 Å². The zero-order chi connectivity index (χ0) is 20.1. The quantitative estimate of drug-likeness (QED) is 0.575. The van der Waals surface area contributed by atoms with Crippen LogP contribution in [0, 0.1) is 5.92 Å². The van der Waals surface area contributed by atoms with Crippen LogP contribution >= 0.6 is 11.3 Å². The number of thiazole rings is 1. The van der Waals surface area contributed by atoms with Gasteiger partial charge in [0.05, 0.1) is 23.9 Å². The molecule has 0 aliphatic rings. The fourth-order valence-electron chi connectivity index (χ4n) is 2.71. The van der Waals surface area contributed by atoms with Crippen molar-refractivity contribution in [2.24, 2.45) is 5.92 Å². The summed E-state index contributed by atoms with van der Waals surface area (Å²) >= 11 is 1.47. The van der Waals surface area contributed by atoms with Gasteiger partial charge in [-0.15, -0.1) is 11.3 Å². The molecule has 0 bridgehead atoms. The highest BCUT2D eigenvalue weighted by Gasteiger charge is 2.11. The van der Waals surface area contributed by atoms with Gasteiger partial charge in [0.15, 0.2) is 11.5 Å². The lowest BCUT2D eigenvalue weighted by atomic mass is 10.1. The Morgan fingerprint density at radius 3 is 2.68 bits per heavy atom. The summed E-state index contributed by atoms with van der Waals surface area (Å²) in [6.45, 7) is 4.70. The molecule has 6 heteroatoms. The molecule has 0 atom stereocenters. The fourth-order valence-corrected chi connectivity index (χ4v) is 3.69. The van der Waals surface area contributed by atoms with Crippen molar-refractivity contribution in [1.82, 2.24) is 4.98 Å². The molecule has 0 unspecified atom stereocenters. The van der Waals surface area contributed by atoms with Crippen molar-refractivity contribution in [2.75, 3.05) is 13.7 Å². The number of carbonyl (C=O) groups excluding carboxylic acids is 1. The van der Waals surface area contributed by atoms with E-state index in [-0.39, 0.29) is 6.42 Å². The number of methoxy groups -OCH3 is 1. The van der Waals surface area contributed by atoms with E-state index in [1.54, 1.807) is 7.11 Å². The highest BCUT2D eigenvalue weighted by atomic mass is 32.1. The summed E-state index contributed by atoms with van der Waals surface area (Å²) in [7, 11) is 1.59. The number of fused-ring (bicyclic) bond motifs is 1. The molecule has 0 N–H and O–H groups in total. The minimum Gasteiger partial charge on any atom is -0.550 e. The second kappa shape index (κ2) is 8.89. The molecule has 0 saturated carbocycles. The number of nitrogens with zero attached hydrogens (tertiary/aromatic N) is 1. The minimum absolute atomic E-state index is 0.214. The number of carbonyl (C=O) groups is 1. The third-order valence-corrected chi connectivity index (χ3v) is 5.12. The maximum atomic E-state index is 11.3. The van der Waals surface area contributed by atoms with Gasteiger partial charge in [0, 0.05) is 12.4 Å². The van der Waals surface area contributed by atoms with Crippen molar-refractivity contribution >= 4 is 39.2 Å². The molecule has 0 radical (unpaired) electrons. The number of carboxylic acid groups (broad SMARTS) is 1. The van der Waals surface area contributed by atoms with E-state index >= 15 is 0 Å². The molecule has 2 aromatic carbocycles. The van der Waals surface area contributed by atoms with Gasteiger partial charge in [-0.05, 0) is 47.4 Å². The number of hydrogen-bond acceptors (Lipinski definition) is 6. The molecule has 5 nitrogen and oxygen atoms in total. The molecule has 0 amide bonds. The maximum absolute atomic E-state index is 11.3. The van der Waals surface area contributed by atoms with Gasteiger partial charge in [-0.2, -0.15) is 0 Å². The summed E-state index contributed by atoms with van der Waals surface area (Å²) in [6.07, 6.45) is 1.60. The Labute approximate surface area is 168 Å².